The molecule has 190 valence electrons. The van der Waals surface area contributed by atoms with E-state index in [0.717, 1.165) is 29.7 Å². The first-order chi connectivity index (χ1) is 17.1. The number of sulfone groups is 1. The quantitative estimate of drug-likeness (QED) is 0.343. The maximum atomic E-state index is 13.0. The number of carbonyl (C=O) groups is 2. The van der Waals surface area contributed by atoms with E-state index in [4.69, 9.17) is 9.84 Å². The molecule has 0 saturated heterocycles. The van der Waals surface area contributed by atoms with Gasteiger partial charge in [0.15, 0.2) is 9.84 Å². The molecule has 0 aliphatic heterocycles. The van der Waals surface area contributed by atoms with Gasteiger partial charge in [-0.3, -0.25) is 4.79 Å². The van der Waals surface area contributed by atoms with E-state index in [2.05, 4.69) is 5.32 Å². The smallest absolute Gasteiger partial charge is 0.330 e. The van der Waals surface area contributed by atoms with Crippen LogP contribution >= 0.6 is 0 Å². The molecule has 1 amide bonds. The SMILES string of the molecule is CCOC(=O)/C=C/CC(c1cc2nn(-c3ccc(C)cc3)c(C(=O)NC)c2cc1C1CC1)S(C)(=O)=O. The second-order valence-corrected chi connectivity index (χ2v) is 11.4. The monoisotopic (exact) mass is 509 g/mol. The fourth-order valence-corrected chi connectivity index (χ4v) is 5.54. The zero-order valence-corrected chi connectivity index (χ0v) is 21.8. The van der Waals surface area contributed by atoms with E-state index >= 15 is 0 Å². The molecule has 1 atom stereocenters. The van der Waals surface area contributed by atoms with E-state index < -0.39 is 21.1 Å². The third-order valence-electron chi connectivity index (χ3n) is 6.37. The van der Waals surface area contributed by atoms with Crippen molar-refractivity contribution in [3.05, 3.63) is 70.9 Å². The molecule has 0 radical (unpaired) electrons. The molecular formula is C27H31N3O5S. The summed E-state index contributed by atoms with van der Waals surface area (Å²) in [5.41, 5.74) is 4.35. The molecule has 2 aromatic carbocycles. The van der Waals surface area contributed by atoms with Crippen LogP contribution in [-0.4, -0.2) is 50.0 Å². The van der Waals surface area contributed by atoms with Gasteiger partial charge in [0.2, 0.25) is 0 Å². The minimum Gasteiger partial charge on any atom is -0.463 e. The molecule has 8 nitrogen and oxygen atoms in total. The van der Waals surface area contributed by atoms with Crippen LogP contribution in [0.3, 0.4) is 0 Å². The first kappa shape index (κ1) is 25.6. The van der Waals surface area contributed by atoms with Crippen LogP contribution in [0.1, 0.15) is 64.5 Å². The maximum Gasteiger partial charge on any atom is 0.330 e. The molecule has 0 spiro atoms. The lowest BCUT2D eigenvalue weighted by Crippen LogP contribution is -2.22. The van der Waals surface area contributed by atoms with Crippen LogP contribution in [-0.2, 0) is 19.4 Å². The first-order valence-electron chi connectivity index (χ1n) is 12.0. The van der Waals surface area contributed by atoms with E-state index in [-0.39, 0.29) is 24.9 Å². The summed E-state index contributed by atoms with van der Waals surface area (Å²) >= 11 is 0. The normalized spacial score (nSPS) is 14.8. The molecule has 1 heterocycles. The molecule has 1 N–H and O–H groups in total. The number of aryl methyl sites for hydroxylation is 1. The fourth-order valence-electron chi connectivity index (χ4n) is 4.41. The number of ether oxygens (including phenoxy) is 1. The van der Waals surface area contributed by atoms with Crippen molar-refractivity contribution in [3.63, 3.8) is 0 Å². The summed E-state index contributed by atoms with van der Waals surface area (Å²) in [5.74, 6) is -0.553. The molecule has 1 aliphatic carbocycles. The van der Waals surface area contributed by atoms with E-state index in [1.807, 2.05) is 37.3 Å². The van der Waals surface area contributed by atoms with Crippen LogP contribution in [0, 0.1) is 6.92 Å². The van der Waals surface area contributed by atoms with Crippen molar-refractivity contribution >= 4 is 32.6 Å². The Kier molecular flexibility index (Phi) is 7.31. The number of nitrogens with zero attached hydrogens (tertiary/aromatic N) is 2. The lowest BCUT2D eigenvalue weighted by Gasteiger charge is -2.18. The first-order valence-corrected chi connectivity index (χ1v) is 14.0. The van der Waals surface area contributed by atoms with Gasteiger partial charge in [0.1, 0.15) is 5.69 Å². The number of rotatable bonds is 9. The number of allylic oxidation sites excluding steroid dienone is 1. The number of amides is 1. The topological polar surface area (TPSA) is 107 Å². The van der Waals surface area contributed by atoms with E-state index in [1.54, 1.807) is 30.8 Å². The summed E-state index contributed by atoms with van der Waals surface area (Å²) in [6.07, 6.45) is 6.06. The minimum atomic E-state index is -3.52. The van der Waals surface area contributed by atoms with Crippen molar-refractivity contribution < 1.29 is 22.7 Å². The average molecular weight is 510 g/mol. The second-order valence-electron chi connectivity index (χ2n) is 9.16. The van der Waals surface area contributed by atoms with Gasteiger partial charge in [-0.15, -0.1) is 0 Å². The van der Waals surface area contributed by atoms with Crippen LogP contribution in [0.15, 0.2) is 48.6 Å². The number of esters is 1. The Morgan fingerprint density at radius 3 is 2.50 bits per heavy atom. The Labute approximate surface area is 211 Å². The lowest BCUT2D eigenvalue weighted by atomic mass is 9.96. The molecule has 4 rings (SSSR count). The van der Waals surface area contributed by atoms with Gasteiger partial charge in [0, 0.05) is 24.8 Å². The van der Waals surface area contributed by atoms with Gasteiger partial charge >= 0.3 is 5.97 Å². The highest BCUT2D eigenvalue weighted by atomic mass is 32.2. The molecule has 1 unspecified atom stereocenters. The van der Waals surface area contributed by atoms with Crippen molar-refractivity contribution in [1.29, 1.82) is 0 Å². The molecule has 0 bridgehead atoms. The molecular weight excluding hydrogens is 478 g/mol. The third-order valence-corrected chi connectivity index (χ3v) is 7.85. The van der Waals surface area contributed by atoms with Gasteiger partial charge in [0.25, 0.3) is 5.91 Å². The fraction of sp³-hybridized carbons (Fsp3) is 0.370. The van der Waals surface area contributed by atoms with E-state index in [9.17, 15) is 18.0 Å². The predicted molar refractivity (Wildman–Crippen MR) is 139 cm³/mol. The zero-order valence-electron chi connectivity index (χ0n) is 20.9. The van der Waals surface area contributed by atoms with Gasteiger partial charge in [0.05, 0.1) is 23.1 Å². The largest absolute Gasteiger partial charge is 0.463 e. The van der Waals surface area contributed by atoms with E-state index in [0.29, 0.717) is 22.2 Å². The van der Waals surface area contributed by atoms with Gasteiger partial charge in [-0.05, 0) is 74.4 Å². The standard InChI is InChI=1S/C27H31N3O5S/c1-5-35-25(31)8-6-7-24(36(4,33)34)21-16-23-22(15-20(21)18-11-12-18)26(27(32)28-3)30(29-23)19-13-9-17(2)10-14-19/h6,8-10,13-16,18,24H,5,7,11-12H2,1-4H3,(H,28,32)/b8-6+. The number of hydrogen-bond acceptors (Lipinski definition) is 6. The predicted octanol–water partition coefficient (Wildman–Crippen LogP) is 4.17. The summed E-state index contributed by atoms with van der Waals surface area (Å²) in [6, 6.07) is 11.4. The van der Waals surface area contributed by atoms with Crippen molar-refractivity contribution in [1.82, 2.24) is 15.1 Å². The molecule has 1 aromatic heterocycles. The summed E-state index contributed by atoms with van der Waals surface area (Å²) < 4.78 is 32.3. The third kappa shape index (κ3) is 5.36. The summed E-state index contributed by atoms with van der Waals surface area (Å²) in [5, 5.41) is 7.26. The van der Waals surface area contributed by atoms with Crippen molar-refractivity contribution in [3.8, 4) is 5.69 Å². The molecule has 1 saturated carbocycles. The van der Waals surface area contributed by atoms with Gasteiger partial charge in [-0.1, -0.05) is 23.8 Å². The Bertz CT molecular complexity index is 1430. The highest BCUT2D eigenvalue weighted by molar-refractivity contribution is 7.90. The number of aromatic nitrogens is 2. The van der Waals surface area contributed by atoms with Crippen molar-refractivity contribution in [2.45, 2.75) is 44.3 Å². The molecule has 1 fully saturated rings. The molecule has 3 aromatic rings. The maximum absolute atomic E-state index is 13.0. The van der Waals surface area contributed by atoms with Crippen molar-refractivity contribution in [2.75, 3.05) is 19.9 Å². The number of carbonyl (C=O) groups excluding carboxylic acids is 2. The summed E-state index contributed by atoms with van der Waals surface area (Å²) in [4.78, 5) is 24.7. The summed E-state index contributed by atoms with van der Waals surface area (Å²) in [6.45, 7) is 3.95. The summed E-state index contributed by atoms with van der Waals surface area (Å²) in [7, 11) is -1.95. The highest BCUT2D eigenvalue weighted by Crippen LogP contribution is 2.46. The Balaban J connectivity index is 1.89. The molecule has 36 heavy (non-hydrogen) atoms. The lowest BCUT2D eigenvalue weighted by molar-refractivity contribution is -0.137. The Morgan fingerprint density at radius 2 is 1.92 bits per heavy atom. The highest BCUT2D eigenvalue weighted by Gasteiger charge is 2.33. The van der Waals surface area contributed by atoms with Crippen LogP contribution in [0.25, 0.3) is 16.6 Å². The van der Waals surface area contributed by atoms with Crippen LogP contribution < -0.4 is 5.32 Å². The van der Waals surface area contributed by atoms with Crippen LogP contribution in [0.5, 0.6) is 0 Å². The second kappa shape index (κ2) is 10.3. The number of benzene rings is 2. The Hall–Kier alpha value is -3.46. The van der Waals surface area contributed by atoms with Gasteiger partial charge < -0.3 is 10.1 Å². The number of hydrogen-bond donors (Lipinski definition) is 1. The van der Waals surface area contributed by atoms with Crippen LogP contribution in [0.2, 0.25) is 0 Å². The van der Waals surface area contributed by atoms with Gasteiger partial charge in [-0.25, -0.2) is 17.9 Å². The van der Waals surface area contributed by atoms with E-state index in [1.165, 1.54) is 12.3 Å². The molecule has 1 aliphatic rings. The Morgan fingerprint density at radius 1 is 1.22 bits per heavy atom. The molecule has 9 heteroatoms. The minimum absolute atomic E-state index is 0.129. The zero-order chi connectivity index (χ0) is 26.0. The van der Waals surface area contributed by atoms with Crippen molar-refractivity contribution in [2.24, 2.45) is 0 Å². The number of nitrogens with one attached hydrogen (secondary N) is 1. The van der Waals surface area contributed by atoms with Crippen LogP contribution in [0.4, 0.5) is 0 Å². The van der Waals surface area contributed by atoms with Gasteiger partial charge in [-0.2, -0.15) is 5.10 Å². The number of fused-ring (bicyclic) bond motifs is 1. The average Bonchev–Trinajstić information content (AvgIpc) is 3.61.